The molecule has 6 heteroatoms. The van der Waals surface area contributed by atoms with Gasteiger partial charge in [0, 0.05) is 0 Å². The lowest BCUT2D eigenvalue weighted by Crippen LogP contribution is -2.36. The van der Waals surface area contributed by atoms with E-state index in [-0.39, 0.29) is 5.91 Å². The summed E-state index contributed by atoms with van der Waals surface area (Å²) in [5.41, 5.74) is 1.25. The Balaban J connectivity index is 1.79. The van der Waals surface area contributed by atoms with Gasteiger partial charge in [0.05, 0.1) is 12.7 Å². The molecule has 0 radical (unpaired) electrons. The number of carbonyl (C=O) groups excluding carboxylic acids is 1. The van der Waals surface area contributed by atoms with E-state index in [1.165, 1.54) is 36.5 Å². The van der Waals surface area contributed by atoms with Crippen molar-refractivity contribution in [2.24, 2.45) is 0 Å². The van der Waals surface area contributed by atoms with Gasteiger partial charge in [-0.3, -0.25) is 14.3 Å². The molecule has 0 atom stereocenters. The zero-order chi connectivity index (χ0) is 12.4. The van der Waals surface area contributed by atoms with Gasteiger partial charge >= 0.3 is 0 Å². The van der Waals surface area contributed by atoms with Gasteiger partial charge in [0.15, 0.2) is 5.65 Å². The van der Waals surface area contributed by atoms with Crippen LogP contribution in [0.3, 0.4) is 0 Å². The molecule has 0 bridgehead atoms. The van der Waals surface area contributed by atoms with Gasteiger partial charge < -0.3 is 0 Å². The third kappa shape index (κ3) is 2.11. The lowest BCUT2D eigenvalue weighted by molar-refractivity contribution is 0.0837. The van der Waals surface area contributed by atoms with Crippen LogP contribution in [-0.4, -0.2) is 50.0 Å². The molecule has 18 heavy (non-hydrogen) atoms. The van der Waals surface area contributed by atoms with Gasteiger partial charge in [0.1, 0.15) is 18.2 Å². The van der Waals surface area contributed by atoms with Crippen molar-refractivity contribution in [3.63, 3.8) is 0 Å². The number of hydrogen-bond donors (Lipinski definition) is 0. The van der Waals surface area contributed by atoms with Crippen LogP contribution in [0.2, 0.25) is 0 Å². The fourth-order valence-corrected chi connectivity index (χ4v) is 2.33. The molecule has 1 saturated heterocycles. The molecule has 94 valence electrons. The van der Waals surface area contributed by atoms with Crippen molar-refractivity contribution in [1.29, 1.82) is 0 Å². The molecule has 1 aliphatic heterocycles. The van der Waals surface area contributed by atoms with Gasteiger partial charge in [-0.15, -0.1) is 0 Å². The van der Waals surface area contributed by atoms with Crippen LogP contribution in [0, 0.1) is 0 Å². The Hall–Kier alpha value is -1.82. The number of likely N-dealkylation sites (tertiary alicyclic amines) is 1. The molecule has 0 aromatic carbocycles. The van der Waals surface area contributed by atoms with Crippen LogP contribution in [0.1, 0.15) is 24.1 Å². The SMILES string of the molecule is O=C(CN1CCCCC1)n1cnc2cncnc21. The molecule has 0 spiro atoms. The summed E-state index contributed by atoms with van der Waals surface area (Å²) in [6.07, 6.45) is 8.22. The monoisotopic (exact) mass is 245 g/mol. The summed E-state index contributed by atoms with van der Waals surface area (Å²) in [6.45, 7) is 2.45. The molecule has 0 aliphatic carbocycles. The van der Waals surface area contributed by atoms with Crippen molar-refractivity contribution in [3.05, 3.63) is 18.9 Å². The molecule has 1 aliphatic rings. The number of fused-ring (bicyclic) bond motifs is 1. The normalized spacial score (nSPS) is 17.1. The van der Waals surface area contributed by atoms with E-state index in [4.69, 9.17) is 0 Å². The standard InChI is InChI=1S/C12H15N5O/c18-11(7-16-4-2-1-3-5-16)17-9-15-10-6-13-8-14-12(10)17/h6,8-9H,1-5,7H2. The summed E-state index contributed by atoms with van der Waals surface area (Å²) < 4.78 is 1.52. The van der Waals surface area contributed by atoms with E-state index >= 15 is 0 Å². The van der Waals surface area contributed by atoms with Gasteiger partial charge in [-0.1, -0.05) is 6.42 Å². The number of hydrogen-bond acceptors (Lipinski definition) is 5. The Morgan fingerprint density at radius 3 is 2.89 bits per heavy atom. The second kappa shape index (κ2) is 4.81. The van der Waals surface area contributed by atoms with E-state index in [1.54, 1.807) is 6.20 Å². The van der Waals surface area contributed by atoms with E-state index < -0.39 is 0 Å². The van der Waals surface area contributed by atoms with Crippen LogP contribution in [0.25, 0.3) is 11.2 Å². The first-order chi connectivity index (χ1) is 8.84. The second-order valence-electron chi connectivity index (χ2n) is 4.58. The lowest BCUT2D eigenvalue weighted by Gasteiger charge is -2.25. The molecule has 0 saturated carbocycles. The number of imidazole rings is 1. The fraction of sp³-hybridized carbons (Fsp3) is 0.500. The molecule has 3 rings (SSSR count). The van der Waals surface area contributed by atoms with Crippen LogP contribution in [0.15, 0.2) is 18.9 Å². The van der Waals surface area contributed by atoms with Crippen molar-refractivity contribution in [1.82, 2.24) is 24.4 Å². The van der Waals surface area contributed by atoms with E-state index in [0.29, 0.717) is 17.7 Å². The van der Waals surface area contributed by atoms with Crippen LogP contribution in [0.5, 0.6) is 0 Å². The Morgan fingerprint density at radius 2 is 2.06 bits per heavy atom. The maximum absolute atomic E-state index is 12.2. The predicted octanol–water partition coefficient (Wildman–Crippen LogP) is 0.952. The molecule has 2 aromatic heterocycles. The molecule has 2 aromatic rings. The minimum Gasteiger partial charge on any atom is -0.294 e. The van der Waals surface area contributed by atoms with Crippen LogP contribution >= 0.6 is 0 Å². The quantitative estimate of drug-likeness (QED) is 0.788. The number of piperidine rings is 1. The van der Waals surface area contributed by atoms with Crippen molar-refractivity contribution in [2.75, 3.05) is 19.6 Å². The third-order valence-electron chi connectivity index (χ3n) is 3.29. The maximum atomic E-state index is 12.2. The molecular formula is C12H15N5O. The lowest BCUT2D eigenvalue weighted by atomic mass is 10.1. The van der Waals surface area contributed by atoms with Gasteiger partial charge in [-0.25, -0.2) is 15.0 Å². The third-order valence-corrected chi connectivity index (χ3v) is 3.29. The van der Waals surface area contributed by atoms with Gasteiger partial charge in [0.2, 0.25) is 5.91 Å². The number of nitrogens with zero attached hydrogens (tertiary/aromatic N) is 5. The highest BCUT2D eigenvalue weighted by molar-refractivity contribution is 5.89. The van der Waals surface area contributed by atoms with Crippen molar-refractivity contribution >= 4 is 17.1 Å². The summed E-state index contributed by atoms with van der Waals surface area (Å²) in [4.78, 5) is 26.5. The molecule has 0 unspecified atom stereocenters. The largest absolute Gasteiger partial charge is 0.294 e. The zero-order valence-corrected chi connectivity index (χ0v) is 10.1. The highest BCUT2D eigenvalue weighted by atomic mass is 16.2. The van der Waals surface area contributed by atoms with Crippen LogP contribution in [0.4, 0.5) is 0 Å². The Morgan fingerprint density at radius 1 is 1.22 bits per heavy atom. The summed E-state index contributed by atoms with van der Waals surface area (Å²) in [5.74, 6) is 0.0260. The van der Waals surface area contributed by atoms with E-state index in [1.807, 2.05) is 0 Å². The van der Waals surface area contributed by atoms with E-state index in [2.05, 4.69) is 19.9 Å². The Kier molecular flexibility index (Phi) is 3.02. The number of rotatable bonds is 2. The first-order valence-corrected chi connectivity index (χ1v) is 6.23. The fourth-order valence-electron chi connectivity index (χ4n) is 2.33. The topological polar surface area (TPSA) is 63.9 Å². The Bertz CT molecular complexity index is 558. The van der Waals surface area contributed by atoms with Gasteiger partial charge in [-0.2, -0.15) is 0 Å². The first-order valence-electron chi connectivity index (χ1n) is 6.23. The molecule has 0 amide bonds. The average molecular weight is 245 g/mol. The highest BCUT2D eigenvalue weighted by Crippen LogP contribution is 2.10. The highest BCUT2D eigenvalue weighted by Gasteiger charge is 2.17. The molecule has 6 nitrogen and oxygen atoms in total. The molecular weight excluding hydrogens is 230 g/mol. The summed E-state index contributed by atoms with van der Waals surface area (Å²) >= 11 is 0. The summed E-state index contributed by atoms with van der Waals surface area (Å²) in [7, 11) is 0. The van der Waals surface area contributed by atoms with Crippen LogP contribution < -0.4 is 0 Å². The summed E-state index contributed by atoms with van der Waals surface area (Å²) in [6, 6.07) is 0. The molecule has 1 fully saturated rings. The Labute approximate surface area is 105 Å². The molecule has 0 N–H and O–H groups in total. The maximum Gasteiger partial charge on any atom is 0.247 e. The minimum absolute atomic E-state index is 0.0260. The first kappa shape index (κ1) is 11.3. The average Bonchev–Trinajstić information content (AvgIpc) is 2.84. The number of aromatic nitrogens is 4. The van der Waals surface area contributed by atoms with Crippen molar-refractivity contribution < 1.29 is 4.79 Å². The minimum atomic E-state index is 0.0260. The van der Waals surface area contributed by atoms with Gasteiger partial charge in [0.25, 0.3) is 0 Å². The van der Waals surface area contributed by atoms with Crippen molar-refractivity contribution in [2.45, 2.75) is 19.3 Å². The predicted molar refractivity (Wildman–Crippen MR) is 66.2 cm³/mol. The van der Waals surface area contributed by atoms with Gasteiger partial charge in [-0.05, 0) is 25.9 Å². The van der Waals surface area contributed by atoms with Crippen LogP contribution in [-0.2, 0) is 0 Å². The van der Waals surface area contributed by atoms with Crippen molar-refractivity contribution in [3.8, 4) is 0 Å². The zero-order valence-electron chi connectivity index (χ0n) is 10.1. The van der Waals surface area contributed by atoms with E-state index in [9.17, 15) is 4.79 Å². The smallest absolute Gasteiger partial charge is 0.247 e. The summed E-state index contributed by atoms with van der Waals surface area (Å²) in [5, 5.41) is 0. The number of carbonyl (C=O) groups is 1. The second-order valence-corrected chi connectivity index (χ2v) is 4.58. The van der Waals surface area contributed by atoms with E-state index in [0.717, 1.165) is 13.1 Å². The molecule has 3 heterocycles.